The SMILES string of the molecule is C[N+](C)(C)C.O.O.O.O.O.[O-]. The molecule has 0 unspecified atom stereocenters. The molecule has 0 spiro atoms. The van der Waals surface area contributed by atoms with E-state index in [4.69, 9.17) is 0 Å². The van der Waals surface area contributed by atoms with E-state index in [1.807, 2.05) is 0 Å². The van der Waals surface area contributed by atoms with Crippen LogP contribution in [0.4, 0.5) is 0 Å². The first-order chi connectivity index (χ1) is 2.00. The Morgan fingerprint density at radius 2 is 0.545 bits per heavy atom. The van der Waals surface area contributed by atoms with Gasteiger partial charge < -0.3 is 37.3 Å². The molecular weight excluding hydrogens is 158 g/mol. The van der Waals surface area contributed by atoms with E-state index in [1.165, 1.54) is 0 Å². The monoisotopic (exact) mass is 180 g/mol. The Morgan fingerprint density at radius 3 is 0.545 bits per heavy atom. The molecule has 7 nitrogen and oxygen atoms in total. The summed E-state index contributed by atoms with van der Waals surface area (Å²) < 4.78 is 1.00. The van der Waals surface area contributed by atoms with E-state index in [-0.39, 0.29) is 32.9 Å². The molecule has 0 amide bonds. The van der Waals surface area contributed by atoms with Crippen molar-refractivity contribution in [2.24, 2.45) is 0 Å². The number of quaternary nitrogens is 1. The Labute approximate surface area is 66.7 Å². The second-order valence-electron chi connectivity index (χ2n) is 2.68. The van der Waals surface area contributed by atoms with Crippen LogP contribution in [0.3, 0.4) is 0 Å². The van der Waals surface area contributed by atoms with Crippen molar-refractivity contribution in [1.29, 1.82) is 0 Å². The van der Waals surface area contributed by atoms with Gasteiger partial charge in [-0.3, -0.25) is 0 Å². The Balaban J connectivity index is -0.00000000533. The number of rotatable bonds is 0. The molecule has 1 radical (unpaired) electrons. The lowest BCUT2D eigenvalue weighted by Crippen LogP contribution is -2.27. The third kappa shape index (κ3) is 7390. The minimum absolute atomic E-state index is 0. The summed E-state index contributed by atoms with van der Waals surface area (Å²) in [6, 6.07) is 0. The van der Waals surface area contributed by atoms with E-state index >= 15 is 0 Å². The van der Waals surface area contributed by atoms with Gasteiger partial charge in [0.25, 0.3) is 0 Å². The highest BCUT2D eigenvalue weighted by molar-refractivity contribution is 3.87. The van der Waals surface area contributed by atoms with Crippen molar-refractivity contribution >= 4 is 0 Å². The summed E-state index contributed by atoms with van der Waals surface area (Å²) in [4.78, 5) is 0. The van der Waals surface area contributed by atoms with Crippen molar-refractivity contribution in [1.82, 2.24) is 0 Å². The zero-order valence-electron chi connectivity index (χ0n) is 7.36. The minimum atomic E-state index is 0. The fourth-order valence-corrected chi connectivity index (χ4v) is 0. The Hall–Kier alpha value is -0.280. The predicted octanol–water partition coefficient (Wildman–Crippen LogP) is -3.92. The lowest BCUT2D eigenvalue weighted by atomic mass is 10.8. The molecule has 0 atom stereocenters. The fraction of sp³-hybridized carbons (Fsp3) is 1.00. The van der Waals surface area contributed by atoms with Gasteiger partial charge in [-0.25, -0.2) is 0 Å². The molecule has 0 aliphatic rings. The van der Waals surface area contributed by atoms with Gasteiger partial charge in [0.2, 0.25) is 0 Å². The summed E-state index contributed by atoms with van der Waals surface area (Å²) in [5.41, 5.74) is 0. The maximum atomic E-state index is 2.12. The van der Waals surface area contributed by atoms with Crippen LogP contribution >= 0.6 is 0 Å². The molecule has 0 rings (SSSR count). The highest BCUT2D eigenvalue weighted by Crippen LogP contribution is 1.73. The molecule has 0 saturated heterocycles. The zero-order valence-corrected chi connectivity index (χ0v) is 7.36. The molecule has 0 heterocycles. The molecular formula is C4H22NO6. The Kier molecular flexibility index (Phi) is 150. The molecule has 79 valence electrons. The van der Waals surface area contributed by atoms with Crippen LogP contribution in [-0.4, -0.2) is 60.1 Å². The summed E-state index contributed by atoms with van der Waals surface area (Å²) in [5.74, 6) is 0. The molecule has 0 aromatic carbocycles. The van der Waals surface area contributed by atoms with Crippen molar-refractivity contribution in [2.45, 2.75) is 0 Å². The lowest BCUT2D eigenvalue weighted by Gasteiger charge is -2.14. The van der Waals surface area contributed by atoms with Gasteiger partial charge in [0.05, 0.1) is 28.2 Å². The van der Waals surface area contributed by atoms with Crippen molar-refractivity contribution in [3.63, 3.8) is 0 Å². The van der Waals surface area contributed by atoms with Crippen LogP contribution in [0, 0.1) is 0 Å². The Morgan fingerprint density at radius 1 is 0.545 bits per heavy atom. The van der Waals surface area contributed by atoms with E-state index in [9.17, 15) is 0 Å². The first-order valence-electron chi connectivity index (χ1n) is 1.79. The number of hydrogen-bond acceptors (Lipinski definition) is 1. The minimum Gasteiger partial charge on any atom is -1.00 e. The molecule has 0 aliphatic heterocycles. The molecule has 0 aliphatic carbocycles. The average molecular weight is 180 g/mol. The predicted molar refractivity (Wildman–Crippen MR) is 42.7 cm³/mol. The molecule has 0 aromatic heterocycles. The van der Waals surface area contributed by atoms with Crippen LogP contribution in [0.25, 0.3) is 0 Å². The highest BCUT2D eigenvalue weighted by atomic mass is 16.0. The van der Waals surface area contributed by atoms with Crippen LogP contribution in [0.2, 0.25) is 0 Å². The van der Waals surface area contributed by atoms with Crippen LogP contribution < -0.4 is 0 Å². The van der Waals surface area contributed by atoms with Gasteiger partial charge >= 0.3 is 0 Å². The van der Waals surface area contributed by atoms with Gasteiger partial charge in [-0.05, 0) is 0 Å². The third-order valence-electron chi connectivity index (χ3n) is 0. The van der Waals surface area contributed by atoms with Crippen LogP contribution in [0.5, 0.6) is 0 Å². The standard InChI is InChI=1S/C4H12N.5H2O.O/c1-5(2,3)4;;;;;;/h1-4H3;5*1H2;/q+1;;;;;;-1. The summed E-state index contributed by atoms with van der Waals surface area (Å²) in [7, 11) is 8.50. The Bertz CT molecular complexity index is 30.1. The van der Waals surface area contributed by atoms with Crippen LogP contribution in [0.15, 0.2) is 0 Å². The largest absolute Gasteiger partial charge is 1.00 e. The summed E-state index contributed by atoms with van der Waals surface area (Å²) in [6.45, 7) is 0. The highest BCUT2D eigenvalue weighted by Gasteiger charge is 1.88. The normalized spacial score (nSPS) is 5.45. The maximum absolute atomic E-state index is 2.12. The number of hydrogen-bond donors (Lipinski definition) is 0. The second kappa shape index (κ2) is 22.6. The second-order valence-corrected chi connectivity index (χ2v) is 2.68. The van der Waals surface area contributed by atoms with Gasteiger partial charge in [0.15, 0.2) is 0 Å². The molecule has 0 fully saturated rings. The van der Waals surface area contributed by atoms with Crippen molar-refractivity contribution in [2.75, 3.05) is 28.2 Å². The maximum Gasteiger partial charge on any atom is 0.0675 e. The lowest BCUT2D eigenvalue weighted by molar-refractivity contribution is -0.849. The van der Waals surface area contributed by atoms with Gasteiger partial charge in [-0.15, -0.1) is 0 Å². The van der Waals surface area contributed by atoms with Gasteiger partial charge in [-0.2, -0.15) is 0 Å². The summed E-state index contributed by atoms with van der Waals surface area (Å²) >= 11 is 0. The first kappa shape index (κ1) is 73.2. The summed E-state index contributed by atoms with van der Waals surface area (Å²) in [5, 5.41) is 0. The van der Waals surface area contributed by atoms with Crippen molar-refractivity contribution in [3.05, 3.63) is 0 Å². The van der Waals surface area contributed by atoms with Gasteiger partial charge in [0.1, 0.15) is 0 Å². The van der Waals surface area contributed by atoms with Gasteiger partial charge in [0, 0.05) is 0 Å². The zero-order chi connectivity index (χ0) is 4.50. The number of nitrogens with zero attached hydrogens (tertiary/aromatic N) is 1. The average Bonchev–Trinajstić information content (AvgIpc) is 0.722. The van der Waals surface area contributed by atoms with E-state index in [0.29, 0.717) is 0 Å². The molecule has 0 saturated carbocycles. The summed E-state index contributed by atoms with van der Waals surface area (Å²) in [6.07, 6.45) is 0. The molecule has 10 N–H and O–H groups in total. The van der Waals surface area contributed by atoms with E-state index < -0.39 is 0 Å². The smallest absolute Gasteiger partial charge is 0.0675 e. The molecule has 11 heavy (non-hydrogen) atoms. The van der Waals surface area contributed by atoms with Gasteiger partial charge in [-0.1, -0.05) is 0 Å². The molecule has 0 aromatic rings. The van der Waals surface area contributed by atoms with Crippen molar-refractivity contribution in [3.8, 4) is 0 Å². The van der Waals surface area contributed by atoms with Crippen LogP contribution in [-0.2, 0) is 5.48 Å². The quantitative estimate of drug-likeness (QED) is 0.330. The first-order valence-corrected chi connectivity index (χ1v) is 1.79. The van der Waals surface area contributed by atoms with E-state index in [2.05, 4.69) is 28.2 Å². The molecule has 7 heteroatoms. The molecule has 0 bridgehead atoms. The topological polar surface area (TPSA) is 186 Å². The van der Waals surface area contributed by atoms with E-state index in [0.717, 1.165) is 4.48 Å². The van der Waals surface area contributed by atoms with E-state index in [1.54, 1.807) is 0 Å². The fourth-order valence-electron chi connectivity index (χ4n) is 0. The third-order valence-corrected chi connectivity index (χ3v) is 0. The van der Waals surface area contributed by atoms with Crippen molar-refractivity contribution < 1.29 is 37.3 Å². The van der Waals surface area contributed by atoms with Crippen LogP contribution in [0.1, 0.15) is 0 Å².